The van der Waals surface area contributed by atoms with Gasteiger partial charge in [-0.1, -0.05) is 0 Å². The van der Waals surface area contributed by atoms with Crippen LogP contribution in [0.25, 0.3) is 0 Å². The summed E-state index contributed by atoms with van der Waals surface area (Å²) in [7, 11) is 1.96. The van der Waals surface area contributed by atoms with Gasteiger partial charge in [-0.15, -0.1) is 0 Å². The molecule has 4 amide bonds. The average molecular weight is 356 g/mol. The van der Waals surface area contributed by atoms with Gasteiger partial charge in [-0.25, -0.2) is 0 Å². The van der Waals surface area contributed by atoms with Crippen LogP contribution in [0.1, 0.15) is 33.6 Å². The van der Waals surface area contributed by atoms with Crippen molar-refractivity contribution in [1.29, 1.82) is 0 Å². The van der Waals surface area contributed by atoms with Crippen LogP contribution in [0.5, 0.6) is 0 Å². The number of imide groups is 2. The van der Waals surface area contributed by atoms with E-state index in [2.05, 4.69) is 15.5 Å². The summed E-state index contributed by atoms with van der Waals surface area (Å²) >= 11 is 0. The van der Waals surface area contributed by atoms with Crippen molar-refractivity contribution in [2.45, 2.75) is 18.9 Å². The van der Waals surface area contributed by atoms with E-state index in [4.69, 9.17) is 0 Å². The first-order chi connectivity index (χ1) is 12.5. The minimum absolute atomic E-state index is 0.118. The summed E-state index contributed by atoms with van der Waals surface area (Å²) in [5.41, 5.74) is 1.49. The Labute approximate surface area is 150 Å². The Morgan fingerprint density at radius 2 is 1.85 bits per heavy atom. The number of amides is 4. The number of hydrogen-bond acceptors (Lipinski definition) is 6. The van der Waals surface area contributed by atoms with Crippen LogP contribution in [-0.2, 0) is 9.59 Å². The lowest BCUT2D eigenvalue weighted by Gasteiger charge is -2.32. The number of nitrogens with one attached hydrogen (secondary N) is 2. The number of carbonyl (C=O) groups excluding carboxylic acids is 4. The van der Waals surface area contributed by atoms with E-state index in [1.54, 1.807) is 12.1 Å². The van der Waals surface area contributed by atoms with Gasteiger partial charge >= 0.3 is 0 Å². The van der Waals surface area contributed by atoms with Crippen LogP contribution < -0.4 is 15.5 Å². The van der Waals surface area contributed by atoms with E-state index in [0.29, 0.717) is 17.0 Å². The van der Waals surface area contributed by atoms with E-state index in [0.717, 1.165) is 30.2 Å². The minimum atomic E-state index is -0.928. The first kappa shape index (κ1) is 16.7. The highest BCUT2D eigenvalue weighted by molar-refractivity contribution is 6.23. The van der Waals surface area contributed by atoms with Crippen LogP contribution in [0.3, 0.4) is 0 Å². The topological polar surface area (TPSA) is 98.8 Å². The second-order valence-corrected chi connectivity index (χ2v) is 7.08. The first-order valence-electron chi connectivity index (χ1n) is 8.73. The Balaban J connectivity index is 1.58. The van der Waals surface area contributed by atoms with Crippen molar-refractivity contribution in [3.05, 3.63) is 29.3 Å². The summed E-state index contributed by atoms with van der Waals surface area (Å²) < 4.78 is 0. The highest BCUT2D eigenvalue weighted by Crippen LogP contribution is 2.30. The zero-order valence-electron chi connectivity index (χ0n) is 14.4. The van der Waals surface area contributed by atoms with Gasteiger partial charge in [-0.05, 0) is 24.6 Å². The lowest BCUT2D eigenvalue weighted by molar-refractivity contribution is -0.136. The van der Waals surface area contributed by atoms with Gasteiger partial charge in [0, 0.05) is 44.7 Å². The van der Waals surface area contributed by atoms with Crippen molar-refractivity contribution in [1.82, 2.24) is 15.5 Å². The second kappa shape index (κ2) is 6.21. The molecule has 3 heterocycles. The normalized spacial score (nSPS) is 23.0. The molecule has 1 aromatic rings. The fourth-order valence-electron chi connectivity index (χ4n) is 3.67. The van der Waals surface area contributed by atoms with Gasteiger partial charge in [0.1, 0.15) is 6.04 Å². The molecule has 0 saturated carbocycles. The molecular weight excluding hydrogens is 336 g/mol. The number of carbonyl (C=O) groups is 4. The van der Waals surface area contributed by atoms with Crippen molar-refractivity contribution >= 4 is 29.3 Å². The maximum atomic E-state index is 12.8. The van der Waals surface area contributed by atoms with Gasteiger partial charge < -0.3 is 10.2 Å². The molecule has 2 N–H and O–H groups in total. The zero-order valence-corrected chi connectivity index (χ0v) is 14.4. The Bertz CT molecular complexity index is 817. The smallest absolute Gasteiger partial charge is 0.262 e. The third-order valence-corrected chi connectivity index (χ3v) is 5.26. The summed E-state index contributed by atoms with van der Waals surface area (Å²) in [6.45, 7) is 2.83. The molecule has 0 spiro atoms. The third-order valence-electron chi connectivity index (χ3n) is 5.26. The SMILES string of the molecule is CN(CC1CNC1)c1ccc2c(c1)C(=O)N(C1CCC(=O)NC1=O)C2=O. The number of anilines is 1. The zero-order chi connectivity index (χ0) is 18.4. The van der Waals surface area contributed by atoms with Crippen molar-refractivity contribution in [2.75, 3.05) is 31.6 Å². The standard InChI is InChI=1S/C18H20N4O4/c1-21(9-10-7-19-8-10)11-2-3-12-13(6-11)18(26)22(17(12)25)14-4-5-15(23)20-16(14)24/h2-3,6,10,14,19H,4-5,7-9H2,1H3,(H,20,23,24). The van der Waals surface area contributed by atoms with Crippen molar-refractivity contribution in [3.8, 4) is 0 Å². The summed E-state index contributed by atoms with van der Waals surface area (Å²) in [4.78, 5) is 51.9. The molecule has 2 fully saturated rings. The maximum absolute atomic E-state index is 12.8. The summed E-state index contributed by atoms with van der Waals surface area (Å²) in [5.74, 6) is -1.34. The lowest BCUT2D eigenvalue weighted by atomic mass is 10.0. The molecule has 1 unspecified atom stereocenters. The average Bonchev–Trinajstić information content (AvgIpc) is 2.82. The van der Waals surface area contributed by atoms with Crippen molar-refractivity contribution in [3.63, 3.8) is 0 Å². The highest BCUT2D eigenvalue weighted by atomic mass is 16.2. The molecule has 0 aromatic heterocycles. The van der Waals surface area contributed by atoms with E-state index < -0.39 is 23.8 Å². The maximum Gasteiger partial charge on any atom is 0.262 e. The summed E-state index contributed by atoms with van der Waals surface area (Å²) in [5, 5.41) is 5.43. The molecule has 26 heavy (non-hydrogen) atoms. The highest BCUT2D eigenvalue weighted by Gasteiger charge is 2.44. The Hall–Kier alpha value is -2.74. The number of benzene rings is 1. The fraction of sp³-hybridized carbons (Fsp3) is 0.444. The molecule has 0 radical (unpaired) electrons. The molecule has 2 saturated heterocycles. The van der Waals surface area contributed by atoms with E-state index in [9.17, 15) is 19.2 Å². The monoisotopic (exact) mass is 356 g/mol. The van der Waals surface area contributed by atoms with Crippen molar-refractivity contribution in [2.24, 2.45) is 5.92 Å². The van der Waals surface area contributed by atoms with E-state index in [1.165, 1.54) is 0 Å². The van der Waals surface area contributed by atoms with Gasteiger partial charge in [0.25, 0.3) is 11.8 Å². The van der Waals surface area contributed by atoms with Gasteiger partial charge in [0.15, 0.2) is 0 Å². The Morgan fingerprint density at radius 3 is 2.50 bits per heavy atom. The molecular formula is C18H20N4O4. The molecule has 1 aromatic carbocycles. The quantitative estimate of drug-likeness (QED) is 0.722. The number of rotatable bonds is 4. The molecule has 1 atom stereocenters. The second-order valence-electron chi connectivity index (χ2n) is 7.08. The van der Waals surface area contributed by atoms with E-state index in [1.807, 2.05) is 13.1 Å². The number of hydrogen-bond donors (Lipinski definition) is 2. The fourth-order valence-corrected chi connectivity index (χ4v) is 3.67. The third kappa shape index (κ3) is 2.66. The van der Waals surface area contributed by atoms with Crippen LogP contribution in [-0.4, -0.2) is 61.3 Å². The van der Waals surface area contributed by atoms with Gasteiger partial charge in [0.05, 0.1) is 11.1 Å². The number of nitrogens with zero attached hydrogens (tertiary/aromatic N) is 2. The molecule has 136 valence electrons. The van der Waals surface area contributed by atoms with Crippen LogP contribution in [0.15, 0.2) is 18.2 Å². The molecule has 3 aliphatic rings. The molecule has 3 aliphatic heterocycles. The molecule has 8 nitrogen and oxygen atoms in total. The van der Waals surface area contributed by atoms with E-state index in [-0.39, 0.29) is 18.7 Å². The Morgan fingerprint density at radius 1 is 1.12 bits per heavy atom. The predicted octanol–water partition coefficient (Wildman–Crippen LogP) is -0.257. The minimum Gasteiger partial charge on any atom is -0.374 e. The largest absolute Gasteiger partial charge is 0.374 e. The molecule has 0 bridgehead atoms. The van der Waals surface area contributed by atoms with Crippen LogP contribution in [0.2, 0.25) is 0 Å². The number of fused-ring (bicyclic) bond motifs is 1. The van der Waals surface area contributed by atoms with Gasteiger partial charge in [-0.2, -0.15) is 0 Å². The molecule has 0 aliphatic carbocycles. The van der Waals surface area contributed by atoms with Gasteiger partial charge in [0.2, 0.25) is 11.8 Å². The van der Waals surface area contributed by atoms with Crippen LogP contribution in [0.4, 0.5) is 5.69 Å². The van der Waals surface area contributed by atoms with Crippen LogP contribution in [0, 0.1) is 5.92 Å². The van der Waals surface area contributed by atoms with E-state index >= 15 is 0 Å². The molecule has 8 heteroatoms. The van der Waals surface area contributed by atoms with Gasteiger partial charge in [-0.3, -0.25) is 29.4 Å². The molecule has 4 rings (SSSR count). The Kier molecular flexibility index (Phi) is 3.99. The van der Waals surface area contributed by atoms with Crippen LogP contribution >= 0.6 is 0 Å². The summed E-state index contributed by atoms with van der Waals surface area (Å²) in [6.07, 6.45) is 0.283. The number of piperidine rings is 1. The van der Waals surface area contributed by atoms with Crippen molar-refractivity contribution < 1.29 is 19.2 Å². The lowest BCUT2D eigenvalue weighted by Crippen LogP contribution is -2.54. The predicted molar refractivity (Wildman–Crippen MR) is 92.7 cm³/mol. The first-order valence-corrected chi connectivity index (χ1v) is 8.73. The summed E-state index contributed by atoms with van der Waals surface area (Å²) in [6, 6.07) is 4.26.